The van der Waals surface area contributed by atoms with E-state index in [1.54, 1.807) is 0 Å². The van der Waals surface area contributed by atoms with E-state index >= 15 is 0 Å². The smallest absolute Gasteiger partial charge is 0.131 e. The number of halogens is 2. The van der Waals surface area contributed by atoms with Gasteiger partial charge in [0.25, 0.3) is 0 Å². The molecular formula is C11H14Br2N2. The molecule has 15 heavy (non-hydrogen) atoms. The molecule has 0 bridgehead atoms. The average Bonchev–Trinajstić information content (AvgIpc) is 2.17. The van der Waals surface area contributed by atoms with Crippen molar-refractivity contribution in [2.45, 2.75) is 24.6 Å². The summed E-state index contributed by atoms with van der Waals surface area (Å²) in [7, 11) is 0. The van der Waals surface area contributed by atoms with E-state index in [0.717, 1.165) is 23.4 Å². The van der Waals surface area contributed by atoms with Crippen LogP contribution in [-0.2, 0) is 0 Å². The number of nitrogens with zero attached hydrogens (tertiary/aromatic N) is 2. The first-order valence-corrected chi connectivity index (χ1v) is 6.89. The second-order valence-electron chi connectivity index (χ2n) is 3.98. The third-order valence-electron chi connectivity index (χ3n) is 2.68. The summed E-state index contributed by atoms with van der Waals surface area (Å²) in [4.78, 5) is 7.47. The summed E-state index contributed by atoms with van der Waals surface area (Å²) in [6, 6.07) is 2.13. The molecule has 0 amide bonds. The molecule has 2 rings (SSSR count). The number of hydrogen-bond donors (Lipinski definition) is 0. The van der Waals surface area contributed by atoms with Crippen molar-refractivity contribution in [3.05, 3.63) is 22.3 Å². The summed E-state index contributed by atoms with van der Waals surface area (Å²) in [6.07, 6.45) is 4.39. The quantitative estimate of drug-likeness (QED) is 0.731. The van der Waals surface area contributed by atoms with Gasteiger partial charge in [-0.1, -0.05) is 15.9 Å². The van der Waals surface area contributed by atoms with Crippen molar-refractivity contribution in [3.63, 3.8) is 0 Å². The van der Waals surface area contributed by atoms with Crippen LogP contribution in [0, 0.1) is 6.92 Å². The topological polar surface area (TPSA) is 16.1 Å². The third kappa shape index (κ3) is 2.72. The minimum atomic E-state index is 0.607. The van der Waals surface area contributed by atoms with Crippen molar-refractivity contribution in [3.8, 4) is 0 Å². The minimum Gasteiger partial charge on any atom is -0.355 e. The Bertz CT molecular complexity index is 354. The zero-order valence-electron chi connectivity index (χ0n) is 8.71. The fraction of sp³-hybridized carbons (Fsp3) is 0.545. The number of alkyl halides is 1. The van der Waals surface area contributed by atoms with Crippen LogP contribution >= 0.6 is 31.9 Å². The van der Waals surface area contributed by atoms with Crippen molar-refractivity contribution >= 4 is 37.7 Å². The second kappa shape index (κ2) is 4.83. The highest BCUT2D eigenvalue weighted by Gasteiger charge is 2.19. The van der Waals surface area contributed by atoms with E-state index in [0.29, 0.717) is 4.83 Å². The molecule has 0 radical (unpaired) electrons. The lowest BCUT2D eigenvalue weighted by atomic mass is 10.1. The van der Waals surface area contributed by atoms with Crippen molar-refractivity contribution in [1.29, 1.82) is 0 Å². The maximum Gasteiger partial charge on any atom is 0.131 e. The predicted molar refractivity (Wildman–Crippen MR) is 70.8 cm³/mol. The van der Waals surface area contributed by atoms with Crippen molar-refractivity contribution < 1.29 is 0 Å². The highest BCUT2D eigenvalue weighted by molar-refractivity contribution is 9.10. The highest BCUT2D eigenvalue weighted by atomic mass is 79.9. The SMILES string of the molecule is Cc1cc(Br)cnc1N1CCCC(Br)C1. The largest absolute Gasteiger partial charge is 0.355 e. The average molecular weight is 334 g/mol. The summed E-state index contributed by atoms with van der Waals surface area (Å²) < 4.78 is 1.05. The van der Waals surface area contributed by atoms with Gasteiger partial charge in [-0.05, 0) is 47.3 Å². The zero-order valence-corrected chi connectivity index (χ0v) is 11.9. The highest BCUT2D eigenvalue weighted by Crippen LogP contribution is 2.25. The maximum atomic E-state index is 4.49. The molecular weight excluding hydrogens is 320 g/mol. The van der Waals surface area contributed by atoms with Crippen LogP contribution in [0.25, 0.3) is 0 Å². The van der Waals surface area contributed by atoms with Gasteiger partial charge in [0, 0.05) is 28.6 Å². The summed E-state index contributed by atoms with van der Waals surface area (Å²) in [6.45, 7) is 4.30. The molecule has 1 atom stereocenters. The van der Waals surface area contributed by atoms with Gasteiger partial charge in [-0.2, -0.15) is 0 Å². The number of rotatable bonds is 1. The summed E-state index contributed by atoms with van der Waals surface area (Å²) in [5, 5.41) is 0. The molecule has 1 unspecified atom stereocenters. The fourth-order valence-corrected chi connectivity index (χ4v) is 3.10. The van der Waals surface area contributed by atoms with Gasteiger partial charge in [0.2, 0.25) is 0 Å². The van der Waals surface area contributed by atoms with Gasteiger partial charge in [0.1, 0.15) is 5.82 Å². The lowest BCUT2D eigenvalue weighted by molar-refractivity contribution is 0.590. The van der Waals surface area contributed by atoms with Crippen LogP contribution in [0.5, 0.6) is 0 Å². The van der Waals surface area contributed by atoms with Crippen LogP contribution < -0.4 is 4.90 Å². The van der Waals surface area contributed by atoms with Gasteiger partial charge in [0.05, 0.1) is 0 Å². The van der Waals surface area contributed by atoms with E-state index < -0.39 is 0 Å². The van der Waals surface area contributed by atoms with E-state index in [1.807, 2.05) is 6.20 Å². The molecule has 4 heteroatoms. The maximum absolute atomic E-state index is 4.49. The molecule has 0 spiro atoms. The van der Waals surface area contributed by atoms with Crippen molar-refractivity contribution in [2.75, 3.05) is 18.0 Å². The predicted octanol–water partition coefficient (Wildman–Crippen LogP) is 3.52. The molecule has 1 aliphatic heterocycles. The van der Waals surface area contributed by atoms with E-state index in [1.165, 1.54) is 18.4 Å². The number of hydrogen-bond acceptors (Lipinski definition) is 2. The minimum absolute atomic E-state index is 0.607. The van der Waals surface area contributed by atoms with Gasteiger partial charge in [0.15, 0.2) is 0 Å². The number of aryl methyl sites for hydroxylation is 1. The molecule has 0 N–H and O–H groups in total. The summed E-state index contributed by atoms with van der Waals surface area (Å²) >= 11 is 7.13. The van der Waals surface area contributed by atoms with E-state index in [2.05, 4.69) is 54.7 Å². The molecule has 0 aliphatic carbocycles. The van der Waals surface area contributed by atoms with Crippen LogP contribution in [0.4, 0.5) is 5.82 Å². The molecule has 1 aromatic rings. The fourth-order valence-electron chi connectivity index (χ4n) is 1.98. The molecule has 0 saturated carbocycles. The molecule has 1 saturated heterocycles. The molecule has 1 aromatic heterocycles. The summed E-state index contributed by atoms with van der Waals surface area (Å²) in [5.41, 5.74) is 1.24. The first-order chi connectivity index (χ1) is 7.16. The standard InChI is InChI=1S/C11H14Br2N2/c1-8-5-10(13)6-14-11(8)15-4-2-3-9(12)7-15/h5-6,9H,2-4,7H2,1H3. The Hall–Kier alpha value is -0.0900. The third-order valence-corrected chi connectivity index (χ3v) is 3.86. The zero-order chi connectivity index (χ0) is 10.8. The molecule has 2 nitrogen and oxygen atoms in total. The second-order valence-corrected chi connectivity index (χ2v) is 6.19. The Labute approximate surface area is 107 Å². The number of aromatic nitrogens is 1. The van der Waals surface area contributed by atoms with Gasteiger partial charge in [-0.3, -0.25) is 0 Å². The Kier molecular flexibility index (Phi) is 3.67. The number of piperidine rings is 1. The van der Waals surface area contributed by atoms with Crippen molar-refractivity contribution in [1.82, 2.24) is 4.98 Å². The lowest BCUT2D eigenvalue weighted by Crippen LogP contribution is -2.36. The number of pyridine rings is 1. The van der Waals surface area contributed by atoms with Crippen molar-refractivity contribution in [2.24, 2.45) is 0 Å². The van der Waals surface area contributed by atoms with Crippen LogP contribution in [0.3, 0.4) is 0 Å². The summed E-state index contributed by atoms with van der Waals surface area (Å²) in [5.74, 6) is 1.13. The monoisotopic (exact) mass is 332 g/mol. The van der Waals surface area contributed by atoms with E-state index in [9.17, 15) is 0 Å². The normalized spacial score (nSPS) is 21.8. The van der Waals surface area contributed by atoms with Gasteiger partial charge < -0.3 is 4.90 Å². The van der Waals surface area contributed by atoms with Gasteiger partial charge in [-0.25, -0.2) is 4.98 Å². The van der Waals surface area contributed by atoms with Gasteiger partial charge in [-0.15, -0.1) is 0 Å². The van der Waals surface area contributed by atoms with E-state index in [4.69, 9.17) is 0 Å². The number of anilines is 1. The first-order valence-electron chi connectivity index (χ1n) is 5.18. The molecule has 82 valence electrons. The van der Waals surface area contributed by atoms with Gasteiger partial charge >= 0.3 is 0 Å². The molecule has 2 heterocycles. The van der Waals surface area contributed by atoms with Crippen LogP contribution in [0.1, 0.15) is 18.4 Å². The Morgan fingerprint density at radius 1 is 1.53 bits per heavy atom. The van der Waals surface area contributed by atoms with Crippen LogP contribution in [0.15, 0.2) is 16.7 Å². The Balaban J connectivity index is 2.21. The molecule has 1 aliphatic rings. The van der Waals surface area contributed by atoms with E-state index in [-0.39, 0.29) is 0 Å². The van der Waals surface area contributed by atoms with Crippen LogP contribution in [0.2, 0.25) is 0 Å². The molecule has 1 fully saturated rings. The molecule has 0 aromatic carbocycles. The lowest BCUT2D eigenvalue weighted by Gasteiger charge is -2.31. The Morgan fingerprint density at radius 3 is 3.00 bits per heavy atom. The Morgan fingerprint density at radius 2 is 2.33 bits per heavy atom. The first kappa shape index (κ1) is 11.4. The van der Waals surface area contributed by atoms with Crippen LogP contribution in [-0.4, -0.2) is 22.9 Å².